The van der Waals surface area contributed by atoms with E-state index in [1.54, 1.807) is 11.3 Å². The number of aliphatic hydroxyl groups is 1. The first-order chi connectivity index (χ1) is 9.58. The zero-order valence-corrected chi connectivity index (χ0v) is 14.5. The van der Waals surface area contributed by atoms with Gasteiger partial charge in [-0.2, -0.15) is 0 Å². The van der Waals surface area contributed by atoms with Gasteiger partial charge in [-0.15, -0.1) is 23.1 Å². The molecule has 1 fully saturated rings. The Balaban J connectivity index is 1.80. The van der Waals surface area contributed by atoms with E-state index in [1.165, 1.54) is 23.7 Å². The predicted octanol–water partition coefficient (Wildman–Crippen LogP) is 4.26. The van der Waals surface area contributed by atoms with Gasteiger partial charge in [-0.1, -0.05) is 20.8 Å². The topological polar surface area (TPSA) is 23.5 Å². The highest BCUT2D eigenvalue weighted by Crippen LogP contribution is 2.32. The molecule has 4 heteroatoms. The molecule has 1 aliphatic rings. The lowest BCUT2D eigenvalue weighted by Gasteiger charge is -2.35. The molecule has 2 heterocycles. The third-order valence-corrected chi connectivity index (χ3v) is 6.17. The van der Waals surface area contributed by atoms with Crippen LogP contribution < -0.4 is 0 Å². The first-order valence-corrected chi connectivity index (χ1v) is 9.51. The van der Waals surface area contributed by atoms with E-state index >= 15 is 0 Å². The van der Waals surface area contributed by atoms with E-state index in [4.69, 9.17) is 0 Å². The molecule has 1 N–H and O–H groups in total. The minimum atomic E-state index is -0.293. The Morgan fingerprint density at radius 3 is 2.70 bits per heavy atom. The van der Waals surface area contributed by atoms with Crippen molar-refractivity contribution in [3.63, 3.8) is 0 Å². The summed E-state index contributed by atoms with van der Waals surface area (Å²) in [6, 6.07) is 4.23. The Kier molecular flexibility index (Phi) is 6.40. The molecule has 20 heavy (non-hydrogen) atoms. The van der Waals surface area contributed by atoms with Crippen LogP contribution in [-0.4, -0.2) is 35.4 Å². The zero-order chi connectivity index (χ0) is 14.5. The van der Waals surface area contributed by atoms with Crippen LogP contribution in [0.5, 0.6) is 0 Å². The van der Waals surface area contributed by atoms with Gasteiger partial charge in [-0.25, -0.2) is 0 Å². The number of piperidine rings is 1. The fourth-order valence-electron chi connectivity index (χ4n) is 3.16. The smallest absolute Gasteiger partial charge is 0.0894 e. The van der Waals surface area contributed by atoms with Crippen LogP contribution in [0.1, 0.15) is 44.6 Å². The first kappa shape index (κ1) is 16.3. The summed E-state index contributed by atoms with van der Waals surface area (Å²) in [5.74, 6) is 2.69. The third-order valence-electron chi connectivity index (χ3n) is 3.88. The summed E-state index contributed by atoms with van der Waals surface area (Å²) in [7, 11) is 0. The fourth-order valence-corrected chi connectivity index (χ4v) is 5.24. The zero-order valence-electron chi connectivity index (χ0n) is 12.8. The molecular weight excluding hydrogens is 286 g/mol. The monoisotopic (exact) mass is 313 g/mol. The molecule has 1 aromatic rings. The highest BCUT2D eigenvalue weighted by molar-refractivity contribution is 8.01. The molecule has 3 unspecified atom stereocenters. The molecule has 0 saturated carbocycles. The number of thiophene rings is 1. The molecule has 1 aliphatic heterocycles. The van der Waals surface area contributed by atoms with Crippen LogP contribution in [0.15, 0.2) is 16.3 Å². The van der Waals surface area contributed by atoms with Gasteiger partial charge in [-0.05, 0) is 42.6 Å². The molecule has 3 atom stereocenters. The minimum absolute atomic E-state index is 0.293. The van der Waals surface area contributed by atoms with Crippen molar-refractivity contribution in [2.45, 2.75) is 43.9 Å². The van der Waals surface area contributed by atoms with Crippen LogP contribution in [0.3, 0.4) is 0 Å². The Hall–Kier alpha value is -0.0300. The SMILES string of the molecule is CCSc1ccc(C(O)CCN2CC(C)CC(C)C2)s1. The number of thioether (sulfide) groups is 1. The maximum absolute atomic E-state index is 10.3. The summed E-state index contributed by atoms with van der Waals surface area (Å²) >= 11 is 3.60. The van der Waals surface area contributed by atoms with Crippen molar-refractivity contribution < 1.29 is 5.11 Å². The van der Waals surface area contributed by atoms with E-state index < -0.39 is 0 Å². The maximum Gasteiger partial charge on any atom is 0.0894 e. The number of hydrogen-bond donors (Lipinski definition) is 1. The molecule has 0 radical (unpaired) electrons. The largest absolute Gasteiger partial charge is 0.388 e. The van der Waals surface area contributed by atoms with E-state index in [9.17, 15) is 5.11 Å². The van der Waals surface area contributed by atoms with Crippen molar-refractivity contribution in [2.75, 3.05) is 25.4 Å². The van der Waals surface area contributed by atoms with Gasteiger partial charge >= 0.3 is 0 Å². The van der Waals surface area contributed by atoms with Crippen molar-refractivity contribution in [3.05, 3.63) is 17.0 Å². The van der Waals surface area contributed by atoms with Gasteiger partial charge in [0.2, 0.25) is 0 Å². The van der Waals surface area contributed by atoms with Crippen LogP contribution in [-0.2, 0) is 0 Å². The van der Waals surface area contributed by atoms with Crippen molar-refractivity contribution >= 4 is 23.1 Å². The van der Waals surface area contributed by atoms with Crippen LogP contribution in [0.2, 0.25) is 0 Å². The van der Waals surface area contributed by atoms with E-state index in [-0.39, 0.29) is 6.10 Å². The van der Waals surface area contributed by atoms with E-state index in [2.05, 4.69) is 37.8 Å². The van der Waals surface area contributed by atoms with Crippen LogP contribution in [0.4, 0.5) is 0 Å². The summed E-state index contributed by atoms with van der Waals surface area (Å²) in [6.07, 6.45) is 1.91. The quantitative estimate of drug-likeness (QED) is 0.794. The maximum atomic E-state index is 10.3. The molecule has 1 aromatic heterocycles. The normalized spacial score (nSPS) is 25.8. The molecule has 0 amide bonds. The summed E-state index contributed by atoms with van der Waals surface area (Å²) in [4.78, 5) is 3.65. The molecule has 0 aliphatic carbocycles. The highest BCUT2D eigenvalue weighted by Gasteiger charge is 2.22. The van der Waals surface area contributed by atoms with Gasteiger partial charge in [0.1, 0.15) is 0 Å². The number of nitrogens with zero attached hydrogens (tertiary/aromatic N) is 1. The summed E-state index contributed by atoms with van der Waals surface area (Å²) in [5, 5.41) is 10.3. The lowest BCUT2D eigenvalue weighted by Crippen LogP contribution is -2.39. The molecule has 1 saturated heterocycles. The van der Waals surface area contributed by atoms with Gasteiger partial charge in [0.25, 0.3) is 0 Å². The first-order valence-electron chi connectivity index (χ1n) is 7.71. The number of likely N-dealkylation sites (tertiary alicyclic amines) is 1. The Morgan fingerprint density at radius 1 is 1.35 bits per heavy atom. The Labute approximate surface area is 131 Å². The molecular formula is C16H27NOS2. The van der Waals surface area contributed by atoms with Gasteiger partial charge in [0.15, 0.2) is 0 Å². The van der Waals surface area contributed by atoms with E-state index in [0.717, 1.165) is 35.4 Å². The van der Waals surface area contributed by atoms with Crippen LogP contribution >= 0.6 is 23.1 Å². The molecule has 0 spiro atoms. The summed E-state index contributed by atoms with van der Waals surface area (Å²) in [6.45, 7) is 10.2. The molecule has 114 valence electrons. The lowest BCUT2D eigenvalue weighted by molar-refractivity contribution is 0.104. The van der Waals surface area contributed by atoms with Gasteiger partial charge in [-0.3, -0.25) is 0 Å². The van der Waals surface area contributed by atoms with Gasteiger partial charge in [0, 0.05) is 24.5 Å². The molecule has 0 aromatic carbocycles. The molecule has 2 nitrogen and oxygen atoms in total. The van der Waals surface area contributed by atoms with Crippen molar-refractivity contribution in [1.29, 1.82) is 0 Å². The Bertz CT molecular complexity index is 397. The number of aliphatic hydroxyl groups excluding tert-OH is 1. The van der Waals surface area contributed by atoms with Crippen molar-refractivity contribution in [2.24, 2.45) is 11.8 Å². The van der Waals surface area contributed by atoms with Crippen LogP contribution in [0, 0.1) is 11.8 Å². The highest BCUT2D eigenvalue weighted by atomic mass is 32.2. The second-order valence-corrected chi connectivity index (χ2v) is 8.78. The second-order valence-electron chi connectivity index (χ2n) is 6.10. The number of hydrogen-bond acceptors (Lipinski definition) is 4. The van der Waals surface area contributed by atoms with Gasteiger partial charge < -0.3 is 10.0 Å². The third kappa shape index (κ3) is 4.76. The summed E-state index contributed by atoms with van der Waals surface area (Å²) < 4.78 is 1.32. The van der Waals surface area contributed by atoms with E-state index in [1.807, 2.05) is 11.8 Å². The average Bonchev–Trinajstić information content (AvgIpc) is 2.84. The van der Waals surface area contributed by atoms with Crippen molar-refractivity contribution in [3.8, 4) is 0 Å². The minimum Gasteiger partial charge on any atom is -0.388 e. The fraction of sp³-hybridized carbons (Fsp3) is 0.750. The summed E-state index contributed by atoms with van der Waals surface area (Å²) in [5.41, 5.74) is 0. The molecule has 0 bridgehead atoms. The lowest BCUT2D eigenvalue weighted by atomic mass is 9.92. The van der Waals surface area contributed by atoms with Gasteiger partial charge in [0.05, 0.1) is 10.3 Å². The van der Waals surface area contributed by atoms with E-state index in [0.29, 0.717) is 0 Å². The average molecular weight is 314 g/mol. The molecule has 2 rings (SSSR count). The predicted molar refractivity (Wildman–Crippen MR) is 89.7 cm³/mol. The standard InChI is InChI=1S/C16H27NOS2/c1-4-19-16-6-5-15(20-16)14(18)7-8-17-10-12(2)9-13(3)11-17/h5-6,12-14,18H,4,7-11H2,1-3H3. The number of rotatable bonds is 6. The van der Waals surface area contributed by atoms with Crippen LogP contribution in [0.25, 0.3) is 0 Å². The second kappa shape index (κ2) is 7.83. The van der Waals surface area contributed by atoms with Crippen molar-refractivity contribution in [1.82, 2.24) is 4.90 Å². The Morgan fingerprint density at radius 2 is 2.05 bits per heavy atom.